The highest BCUT2D eigenvalue weighted by Crippen LogP contribution is 2.17. The number of fused-ring (bicyclic) bond motifs is 1. The summed E-state index contributed by atoms with van der Waals surface area (Å²) in [5, 5.41) is 4.13. The van der Waals surface area contributed by atoms with Gasteiger partial charge in [0.2, 0.25) is 0 Å². The summed E-state index contributed by atoms with van der Waals surface area (Å²) in [5.74, 6) is 0.807. The van der Waals surface area contributed by atoms with Crippen molar-refractivity contribution in [2.45, 2.75) is 6.42 Å². The molecule has 4 heteroatoms. The van der Waals surface area contributed by atoms with Crippen molar-refractivity contribution in [3.05, 3.63) is 35.8 Å². The SMILES string of the molecule is Fc1ccc2[nH]c(CC3=NCCN3)cc2c1. The number of hydrogen-bond donors (Lipinski definition) is 2. The van der Waals surface area contributed by atoms with Crippen molar-refractivity contribution in [1.29, 1.82) is 0 Å². The lowest BCUT2D eigenvalue weighted by Gasteiger charge is -1.98. The molecule has 0 spiro atoms. The van der Waals surface area contributed by atoms with E-state index >= 15 is 0 Å². The molecule has 0 amide bonds. The summed E-state index contributed by atoms with van der Waals surface area (Å²) < 4.78 is 13.0. The van der Waals surface area contributed by atoms with Crippen LogP contribution in [0.3, 0.4) is 0 Å². The van der Waals surface area contributed by atoms with Gasteiger partial charge in [-0.2, -0.15) is 0 Å². The fourth-order valence-electron chi connectivity index (χ4n) is 2.00. The third-order valence-corrected chi connectivity index (χ3v) is 2.74. The van der Waals surface area contributed by atoms with E-state index < -0.39 is 0 Å². The number of rotatable bonds is 2. The number of hydrogen-bond acceptors (Lipinski definition) is 2. The number of amidine groups is 1. The van der Waals surface area contributed by atoms with E-state index in [2.05, 4.69) is 15.3 Å². The maximum absolute atomic E-state index is 13.0. The third kappa shape index (κ3) is 1.66. The van der Waals surface area contributed by atoms with E-state index in [0.717, 1.165) is 41.9 Å². The largest absolute Gasteiger partial charge is 0.372 e. The molecule has 16 heavy (non-hydrogen) atoms. The lowest BCUT2D eigenvalue weighted by Crippen LogP contribution is -2.20. The predicted molar refractivity (Wildman–Crippen MR) is 62.3 cm³/mol. The Labute approximate surface area is 92.4 Å². The van der Waals surface area contributed by atoms with Crippen molar-refractivity contribution in [2.75, 3.05) is 13.1 Å². The van der Waals surface area contributed by atoms with Crippen LogP contribution in [-0.4, -0.2) is 23.9 Å². The van der Waals surface area contributed by atoms with Crippen molar-refractivity contribution in [3.63, 3.8) is 0 Å². The Hall–Kier alpha value is -1.84. The van der Waals surface area contributed by atoms with Gasteiger partial charge in [0.25, 0.3) is 0 Å². The van der Waals surface area contributed by atoms with Gasteiger partial charge in [-0.1, -0.05) is 0 Å². The first-order chi connectivity index (χ1) is 7.81. The molecule has 82 valence electrons. The molecule has 0 aliphatic carbocycles. The summed E-state index contributed by atoms with van der Waals surface area (Å²) in [4.78, 5) is 7.59. The summed E-state index contributed by atoms with van der Waals surface area (Å²) >= 11 is 0. The molecule has 0 fully saturated rings. The zero-order valence-corrected chi connectivity index (χ0v) is 8.76. The number of nitrogens with one attached hydrogen (secondary N) is 2. The maximum atomic E-state index is 13.0. The molecule has 0 saturated heterocycles. The summed E-state index contributed by atoms with van der Waals surface area (Å²) in [6, 6.07) is 6.74. The van der Waals surface area contributed by atoms with Gasteiger partial charge in [-0.25, -0.2) is 4.39 Å². The van der Waals surface area contributed by atoms with Crippen molar-refractivity contribution in [2.24, 2.45) is 4.99 Å². The van der Waals surface area contributed by atoms with Crippen molar-refractivity contribution in [3.8, 4) is 0 Å². The number of aliphatic imine (C=N–C) groups is 1. The van der Waals surface area contributed by atoms with Gasteiger partial charge in [0, 0.05) is 29.6 Å². The van der Waals surface area contributed by atoms with Crippen LogP contribution in [0.1, 0.15) is 5.69 Å². The Kier molecular flexibility index (Phi) is 2.13. The van der Waals surface area contributed by atoms with Crippen LogP contribution < -0.4 is 5.32 Å². The zero-order chi connectivity index (χ0) is 11.0. The van der Waals surface area contributed by atoms with E-state index in [1.54, 1.807) is 12.1 Å². The van der Waals surface area contributed by atoms with E-state index in [9.17, 15) is 4.39 Å². The van der Waals surface area contributed by atoms with Crippen LogP contribution in [0.4, 0.5) is 4.39 Å². The van der Waals surface area contributed by atoms with E-state index in [0.29, 0.717) is 0 Å². The summed E-state index contributed by atoms with van der Waals surface area (Å²) in [7, 11) is 0. The van der Waals surface area contributed by atoms with Gasteiger partial charge in [-0.3, -0.25) is 4.99 Å². The minimum absolute atomic E-state index is 0.200. The molecule has 0 radical (unpaired) electrons. The van der Waals surface area contributed by atoms with E-state index in [1.807, 2.05) is 6.07 Å². The van der Waals surface area contributed by atoms with Gasteiger partial charge in [-0.05, 0) is 24.3 Å². The molecular formula is C12H12FN3. The average Bonchev–Trinajstić information content (AvgIpc) is 2.86. The maximum Gasteiger partial charge on any atom is 0.123 e. The first-order valence-electron chi connectivity index (χ1n) is 5.35. The quantitative estimate of drug-likeness (QED) is 0.791. The third-order valence-electron chi connectivity index (χ3n) is 2.74. The van der Waals surface area contributed by atoms with Crippen LogP contribution in [0.5, 0.6) is 0 Å². The monoisotopic (exact) mass is 217 g/mol. The standard InChI is InChI=1S/C12H12FN3/c13-9-1-2-11-8(5-9)6-10(16-11)7-12-14-3-4-15-12/h1-2,5-6,16H,3-4,7H2,(H,14,15). The minimum atomic E-state index is -0.200. The lowest BCUT2D eigenvalue weighted by molar-refractivity contribution is 0.630. The lowest BCUT2D eigenvalue weighted by atomic mass is 10.2. The number of aromatic nitrogens is 1. The van der Waals surface area contributed by atoms with Crippen LogP contribution in [0.25, 0.3) is 10.9 Å². The second-order valence-corrected chi connectivity index (χ2v) is 3.96. The van der Waals surface area contributed by atoms with Crippen molar-refractivity contribution >= 4 is 16.7 Å². The summed E-state index contributed by atoms with van der Waals surface area (Å²) in [6.45, 7) is 1.77. The van der Waals surface area contributed by atoms with Gasteiger partial charge in [0.05, 0.1) is 6.54 Å². The number of nitrogens with zero attached hydrogens (tertiary/aromatic N) is 1. The Bertz CT molecular complexity index is 556. The molecule has 0 atom stereocenters. The van der Waals surface area contributed by atoms with Crippen LogP contribution in [0.2, 0.25) is 0 Å². The van der Waals surface area contributed by atoms with Gasteiger partial charge in [0.1, 0.15) is 11.7 Å². The molecule has 0 bridgehead atoms. The van der Waals surface area contributed by atoms with E-state index in [4.69, 9.17) is 0 Å². The second kappa shape index (κ2) is 3.63. The summed E-state index contributed by atoms with van der Waals surface area (Å²) in [5.41, 5.74) is 2.03. The van der Waals surface area contributed by atoms with Crippen LogP contribution in [-0.2, 0) is 6.42 Å². The molecule has 1 aromatic heterocycles. The molecule has 3 nitrogen and oxygen atoms in total. The molecule has 0 unspecified atom stereocenters. The minimum Gasteiger partial charge on any atom is -0.372 e. The highest BCUT2D eigenvalue weighted by Gasteiger charge is 2.08. The topological polar surface area (TPSA) is 40.2 Å². The first kappa shape index (κ1) is 9.39. The molecule has 0 saturated carbocycles. The average molecular weight is 217 g/mol. The smallest absolute Gasteiger partial charge is 0.123 e. The first-order valence-corrected chi connectivity index (χ1v) is 5.35. The number of benzene rings is 1. The normalized spacial score (nSPS) is 15.2. The molecule has 2 N–H and O–H groups in total. The molecule has 2 heterocycles. The molecule has 1 aromatic carbocycles. The number of aromatic amines is 1. The highest BCUT2D eigenvalue weighted by molar-refractivity contribution is 5.87. The van der Waals surface area contributed by atoms with Crippen LogP contribution >= 0.6 is 0 Å². The highest BCUT2D eigenvalue weighted by atomic mass is 19.1. The molecular weight excluding hydrogens is 205 g/mol. The van der Waals surface area contributed by atoms with Gasteiger partial charge in [-0.15, -0.1) is 0 Å². The molecule has 1 aliphatic rings. The van der Waals surface area contributed by atoms with E-state index in [-0.39, 0.29) is 5.82 Å². The molecule has 2 aromatic rings. The van der Waals surface area contributed by atoms with E-state index in [1.165, 1.54) is 6.07 Å². The Morgan fingerprint density at radius 3 is 3.06 bits per heavy atom. The molecule has 3 rings (SSSR count). The van der Waals surface area contributed by atoms with Gasteiger partial charge >= 0.3 is 0 Å². The predicted octanol–water partition coefficient (Wildman–Crippen LogP) is 1.85. The Balaban J connectivity index is 1.92. The van der Waals surface area contributed by atoms with Crippen molar-refractivity contribution < 1.29 is 4.39 Å². The van der Waals surface area contributed by atoms with Crippen molar-refractivity contribution in [1.82, 2.24) is 10.3 Å². The second-order valence-electron chi connectivity index (χ2n) is 3.96. The zero-order valence-electron chi connectivity index (χ0n) is 8.76. The molecule has 1 aliphatic heterocycles. The van der Waals surface area contributed by atoms with Crippen LogP contribution in [0.15, 0.2) is 29.3 Å². The summed E-state index contributed by atoms with van der Waals surface area (Å²) in [6.07, 6.45) is 0.760. The number of halogens is 1. The van der Waals surface area contributed by atoms with Gasteiger partial charge < -0.3 is 10.3 Å². The number of H-pyrrole nitrogens is 1. The Morgan fingerprint density at radius 1 is 1.31 bits per heavy atom. The Morgan fingerprint density at radius 2 is 2.25 bits per heavy atom. The van der Waals surface area contributed by atoms with Gasteiger partial charge in [0.15, 0.2) is 0 Å². The fourth-order valence-corrected chi connectivity index (χ4v) is 2.00. The fraction of sp³-hybridized carbons (Fsp3) is 0.250. The van der Waals surface area contributed by atoms with Crippen LogP contribution in [0, 0.1) is 5.82 Å².